The molecule has 2 saturated carbocycles. The molecule has 0 aromatic heterocycles. The van der Waals surface area contributed by atoms with Crippen molar-refractivity contribution >= 4 is 22.3 Å². The van der Waals surface area contributed by atoms with Crippen molar-refractivity contribution in [3.05, 3.63) is 137 Å². The van der Waals surface area contributed by atoms with E-state index in [4.69, 9.17) is 4.74 Å². The molecule has 2 bridgehead atoms. The van der Waals surface area contributed by atoms with Gasteiger partial charge in [-0.25, -0.2) is 8.78 Å². The zero-order valence-electron chi connectivity index (χ0n) is 29.6. The third-order valence-corrected chi connectivity index (χ3v) is 11.8. The lowest BCUT2D eigenvalue weighted by Gasteiger charge is -2.40. The minimum Gasteiger partial charge on any atom is -0.461 e. The number of fused-ring (bicyclic) bond motifs is 3. The number of carbonyl (C=O) groups excluding carboxylic acids is 1. The molecule has 0 saturated heterocycles. The van der Waals surface area contributed by atoms with Gasteiger partial charge in [0.25, 0.3) is 0 Å². The van der Waals surface area contributed by atoms with Crippen LogP contribution in [0, 0.1) is 34.3 Å². The minimum atomic E-state index is -1.11. The second-order valence-corrected chi connectivity index (χ2v) is 15.3. The van der Waals surface area contributed by atoms with Gasteiger partial charge in [0.15, 0.2) is 0 Å². The molecule has 2 N–H and O–H groups in total. The van der Waals surface area contributed by atoms with Crippen LogP contribution >= 0.6 is 0 Å². The first-order valence-corrected chi connectivity index (χ1v) is 17.8. The van der Waals surface area contributed by atoms with Crippen LogP contribution in [-0.4, -0.2) is 34.5 Å². The van der Waals surface area contributed by atoms with Gasteiger partial charge in [0, 0.05) is 18.3 Å². The van der Waals surface area contributed by atoms with Crippen LogP contribution in [0.25, 0.3) is 16.3 Å². The third-order valence-electron chi connectivity index (χ3n) is 11.8. The lowest BCUT2D eigenvalue weighted by molar-refractivity contribution is -0.156. The first kappa shape index (κ1) is 35.7. The van der Waals surface area contributed by atoms with Crippen molar-refractivity contribution in [3.8, 4) is 0 Å². The molecule has 6 heteroatoms. The smallest absolute Gasteiger partial charge is 0.308 e. The number of allylic oxidation sites excluding steroid dienone is 2. The fourth-order valence-corrected chi connectivity index (χ4v) is 8.83. The molecule has 3 unspecified atom stereocenters. The first-order valence-electron chi connectivity index (χ1n) is 17.8. The molecule has 50 heavy (non-hydrogen) atoms. The molecule has 4 aromatic carbocycles. The molecule has 0 spiro atoms. The van der Waals surface area contributed by atoms with Crippen LogP contribution in [0.15, 0.2) is 109 Å². The highest BCUT2D eigenvalue weighted by atomic mass is 19.1. The van der Waals surface area contributed by atoms with Crippen molar-refractivity contribution in [2.24, 2.45) is 22.7 Å². The fourth-order valence-electron chi connectivity index (χ4n) is 8.83. The van der Waals surface area contributed by atoms with Gasteiger partial charge in [0.05, 0.1) is 18.6 Å². The zero-order valence-corrected chi connectivity index (χ0v) is 29.6. The van der Waals surface area contributed by atoms with Gasteiger partial charge in [-0.3, -0.25) is 4.79 Å². The Hall–Kier alpha value is -4.13. The van der Waals surface area contributed by atoms with Crippen LogP contribution in [0.3, 0.4) is 0 Å². The Labute approximate surface area is 294 Å². The van der Waals surface area contributed by atoms with Gasteiger partial charge < -0.3 is 14.9 Å². The normalized spacial score (nSPS) is 23.8. The Kier molecular flexibility index (Phi) is 10.2. The Morgan fingerprint density at radius 1 is 0.880 bits per heavy atom. The van der Waals surface area contributed by atoms with E-state index in [0.717, 1.165) is 40.5 Å². The highest BCUT2D eigenvalue weighted by Gasteiger charge is 2.67. The third kappa shape index (κ3) is 6.80. The van der Waals surface area contributed by atoms with E-state index in [-0.39, 0.29) is 59.2 Å². The van der Waals surface area contributed by atoms with Gasteiger partial charge in [0.1, 0.15) is 17.7 Å². The minimum absolute atomic E-state index is 0.00834. The van der Waals surface area contributed by atoms with Gasteiger partial charge in [-0.2, -0.15) is 0 Å². The monoisotopic (exact) mass is 678 g/mol. The summed E-state index contributed by atoms with van der Waals surface area (Å²) < 4.78 is 34.0. The number of aliphatic hydroxyl groups is 2. The Morgan fingerprint density at radius 2 is 1.48 bits per heavy atom. The van der Waals surface area contributed by atoms with Crippen LogP contribution in [0.4, 0.5) is 8.78 Å². The number of carbonyl (C=O) groups is 1. The molecular weight excluding hydrogens is 630 g/mol. The average Bonchev–Trinajstić information content (AvgIpc) is 3.39. The number of aliphatic hydroxyl groups excluding tert-OH is 2. The van der Waals surface area contributed by atoms with E-state index in [1.807, 2.05) is 19.9 Å². The Morgan fingerprint density at radius 3 is 2.10 bits per heavy atom. The maximum atomic E-state index is 13.8. The Bertz CT molecular complexity index is 1840. The van der Waals surface area contributed by atoms with Crippen molar-refractivity contribution in [1.82, 2.24) is 0 Å². The van der Waals surface area contributed by atoms with Gasteiger partial charge in [-0.05, 0) is 92.5 Å². The Balaban J connectivity index is 1.18. The number of hydrogen-bond donors (Lipinski definition) is 2. The summed E-state index contributed by atoms with van der Waals surface area (Å²) in [6.45, 7) is 10.9. The maximum Gasteiger partial charge on any atom is 0.308 e. The lowest BCUT2D eigenvalue weighted by atomic mass is 9.64. The number of benzene rings is 4. The van der Waals surface area contributed by atoms with E-state index in [9.17, 15) is 23.8 Å². The van der Waals surface area contributed by atoms with Gasteiger partial charge in [-0.1, -0.05) is 114 Å². The molecule has 0 radical (unpaired) electrons. The van der Waals surface area contributed by atoms with Crippen molar-refractivity contribution in [3.63, 3.8) is 0 Å². The molecule has 2 aliphatic rings. The van der Waals surface area contributed by atoms with E-state index in [1.54, 1.807) is 36.4 Å². The highest BCUT2D eigenvalue weighted by molar-refractivity contribution is 5.87. The summed E-state index contributed by atoms with van der Waals surface area (Å²) in [6, 6.07) is 27.0. The van der Waals surface area contributed by atoms with E-state index < -0.39 is 18.2 Å². The molecule has 6 atom stereocenters. The summed E-state index contributed by atoms with van der Waals surface area (Å²) in [7, 11) is 0. The molecule has 0 amide bonds. The molecule has 0 heterocycles. The number of esters is 1. The molecule has 2 aliphatic carbocycles. The molecule has 262 valence electrons. The molecule has 6 rings (SSSR count). The van der Waals surface area contributed by atoms with Crippen LogP contribution in [0.2, 0.25) is 0 Å². The first-order chi connectivity index (χ1) is 23.8. The number of halogens is 2. The quantitative estimate of drug-likeness (QED) is 0.122. The van der Waals surface area contributed by atoms with Crippen LogP contribution in [0.5, 0.6) is 0 Å². The van der Waals surface area contributed by atoms with Crippen LogP contribution in [0.1, 0.15) is 82.9 Å². The van der Waals surface area contributed by atoms with E-state index in [0.29, 0.717) is 0 Å². The van der Waals surface area contributed by atoms with Crippen molar-refractivity contribution < 1.29 is 28.5 Å². The summed E-state index contributed by atoms with van der Waals surface area (Å²) >= 11 is 0. The second kappa shape index (κ2) is 14.2. The molecule has 4 aromatic rings. The van der Waals surface area contributed by atoms with Gasteiger partial charge in [0.2, 0.25) is 0 Å². The molecule has 2 fully saturated rings. The van der Waals surface area contributed by atoms with Crippen LogP contribution in [-0.2, 0) is 9.53 Å². The van der Waals surface area contributed by atoms with Crippen molar-refractivity contribution in [2.45, 2.75) is 84.5 Å². The number of rotatable bonds is 11. The standard InChI is InChI=1S/C44H48F2O4/c1-27(2)35(40(29-13-17-31(45)18-14-29)30-15-19-32(46)20-16-30)22-21-33(47)25-34(48)26-39(49)50-42-38-23-24-44(5,43(38,3)4)41(42)37-12-8-10-28-9-6-7-11-36(28)37/h6-22,27,33-34,38,41-42,47-48H,23-26H2,1-5H3/t33-,34-,38?,41?,42?,44-/m1/s1. The van der Waals surface area contributed by atoms with Crippen molar-refractivity contribution in [2.75, 3.05) is 0 Å². The predicted molar refractivity (Wildman–Crippen MR) is 195 cm³/mol. The zero-order chi connectivity index (χ0) is 35.8. The maximum absolute atomic E-state index is 13.8. The lowest BCUT2D eigenvalue weighted by Crippen LogP contribution is -2.36. The summed E-state index contributed by atoms with van der Waals surface area (Å²) in [5.74, 6) is -0.976. The summed E-state index contributed by atoms with van der Waals surface area (Å²) in [5.41, 5.74) is 4.25. The van der Waals surface area contributed by atoms with E-state index >= 15 is 0 Å². The highest BCUT2D eigenvalue weighted by Crippen LogP contribution is 2.72. The fraction of sp³-hybridized carbons (Fsp3) is 0.386. The number of ether oxygens (including phenoxy) is 1. The molecular formula is C44H48F2O4. The van der Waals surface area contributed by atoms with E-state index in [1.165, 1.54) is 35.2 Å². The van der Waals surface area contributed by atoms with Gasteiger partial charge in [-0.15, -0.1) is 0 Å². The summed E-state index contributed by atoms with van der Waals surface area (Å²) in [6.07, 6.45) is 2.71. The van der Waals surface area contributed by atoms with Crippen molar-refractivity contribution in [1.29, 1.82) is 0 Å². The second-order valence-electron chi connectivity index (χ2n) is 15.3. The number of hydrogen-bond acceptors (Lipinski definition) is 4. The largest absolute Gasteiger partial charge is 0.461 e. The predicted octanol–water partition coefficient (Wildman–Crippen LogP) is 9.79. The topological polar surface area (TPSA) is 66.8 Å². The summed E-state index contributed by atoms with van der Waals surface area (Å²) in [4.78, 5) is 13.5. The summed E-state index contributed by atoms with van der Waals surface area (Å²) in [5, 5.41) is 24.3. The SMILES string of the molecule is CC(C)C(C=C[C@@H](O)C[C@@H](O)CC(=O)OC1C2CC[C@](C)(C1c1cccc3ccccc13)C2(C)C)=C(c1ccc(F)cc1)c1ccc(F)cc1. The van der Waals surface area contributed by atoms with E-state index in [2.05, 4.69) is 57.2 Å². The molecule has 4 nitrogen and oxygen atoms in total. The average molecular weight is 679 g/mol. The van der Waals surface area contributed by atoms with Crippen LogP contribution < -0.4 is 0 Å². The van der Waals surface area contributed by atoms with Gasteiger partial charge >= 0.3 is 5.97 Å². The molecule has 0 aliphatic heterocycles.